The first-order chi connectivity index (χ1) is 7.22. The van der Waals surface area contributed by atoms with Crippen LogP contribution >= 0.6 is 0 Å². The predicted molar refractivity (Wildman–Crippen MR) is 50.0 cm³/mol. The first-order valence-electron chi connectivity index (χ1n) is 4.40. The smallest absolute Gasteiger partial charge is 0.315 e. The van der Waals surface area contributed by atoms with Crippen molar-refractivity contribution in [2.45, 2.75) is 6.61 Å². The molecule has 80 valence electrons. The van der Waals surface area contributed by atoms with Gasteiger partial charge in [-0.2, -0.15) is 0 Å². The Balaban J connectivity index is 2.55. The van der Waals surface area contributed by atoms with Gasteiger partial charge in [-0.15, -0.1) is 0 Å². The van der Waals surface area contributed by atoms with Crippen molar-refractivity contribution in [3.63, 3.8) is 0 Å². The van der Waals surface area contributed by atoms with E-state index >= 15 is 0 Å². The average Bonchev–Trinajstić information content (AvgIpc) is 2.27. The van der Waals surface area contributed by atoms with E-state index in [1.165, 1.54) is 6.07 Å². The van der Waals surface area contributed by atoms with E-state index in [4.69, 9.17) is 14.6 Å². The molecule has 1 aromatic carbocycles. The number of nitrogens with zero attached hydrogens (tertiary/aromatic N) is 1. The van der Waals surface area contributed by atoms with E-state index < -0.39 is 4.92 Å². The molecule has 0 aromatic heterocycles. The first kappa shape index (κ1) is 9.72. The molecule has 1 N–H and O–H groups in total. The molecule has 0 saturated heterocycles. The van der Waals surface area contributed by atoms with E-state index in [0.29, 0.717) is 24.5 Å². The van der Waals surface area contributed by atoms with Gasteiger partial charge in [-0.25, -0.2) is 0 Å². The Labute approximate surface area is 85.2 Å². The van der Waals surface area contributed by atoms with Crippen LogP contribution in [0.1, 0.15) is 5.56 Å². The Hall–Kier alpha value is -1.82. The number of nitro benzene ring substituents is 1. The summed E-state index contributed by atoms with van der Waals surface area (Å²) in [5.41, 5.74) is 0.266. The summed E-state index contributed by atoms with van der Waals surface area (Å²) in [4.78, 5) is 10.2. The number of fused-ring (bicyclic) bond motifs is 1. The Morgan fingerprint density at radius 2 is 2.13 bits per heavy atom. The number of rotatable bonds is 2. The van der Waals surface area contributed by atoms with Crippen molar-refractivity contribution in [1.29, 1.82) is 0 Å². The van der Waals surface area contributed by atoms with Crippen molar-refractivity contribution < 1.29 is 19.5 Å². The molecule has 1 heterocycles. The third-order valence-corrected chi connectivity index (χ3v) is 2.06. The Bertz CT molecular complexity index is 404. The predicted octanol–water partition coefficient (Wildman–Crippen LogP) is 0.858. The van der Waals surface area contributed by atoms with Crippen LogP contribution in [0.25, 0.3) is 0 Å². The molecule has 1 aromatic rings. The second-order valence-electron chi connectivity index (χ2n) is 3.05. The molecule has 6 heteroatoms. The molecule has 2 rings (SSSR count). The fraction of sp³-hybridized carbons (Fsp3) is 0.333. The third kappa shape index (κ3) is 1.71. The van der Waals surface area contributed by atoms with Gasteiger partial charge in [-0.1, -0.05) is 0 Å². The summed E-state index contributed by atoms with van der Waals surface area (Å²) in [6, 6.07) is 2.83. The molecule has 0 atom stereocenters. The monoisotopic (exact) mass is 211 g/mol. The van der Waals surface area contributed by atoms with Gasteiger partial charge < -0.3 is 14.6 Å². The molecular formula is C9H9NO5. The van der Waals surface area contributed by atoms with Gasteiger partial charge in [0.1, 0.15) is 13.2 Å². The minimum absolute atomic E-state index is 0.142. The second kappa shape index (κ2) is 3.74. The lowest BCUT2D eigenvalue weighted by molar-refractivity contribution is -0.386. The van der Waals surface area contributed by atoms with Crippen LogP contribution in [0.4, 0.5) is 5.69 Å². The summed E-state index contributed by atoms with van der Waals surface area (Å²) in [5, 5.41) is 19.7. The van der Waals surface area contributed by atoms with E-state index in [9.17, 15) is 10.1 Å². The first-order valence-corrected chi connectivity index (χ1v) is 4.40. The highest BCUT2D eigenvalue weighted by Crippen LogP contribution is 2.39. The van der Waals surface area contributed by atoms with E-state index in [1.807, 2.05) is 0 Å². The quantitative estimate of drug-likeness (QED) is 0.579. The lowest BCUT2D eigenvalue weighted by atomic mass is 10.1. The van der Waals surface area contributed by atoms with Gasteiger partial charge >= 0.3 is 5.69 Å². The summed E-state index contributed by atoms with van der Waals surface area (Å²) in [6.07, 6.45) is 0. The minimum atomic E-state index is -0.549. The van der Waals surface area contributed by atoms with Gasteiger partial charge in [0, 0.05) is 6.07 Å². The van der Waals surface area contributed by atoms with Crippen molar-refractivity contribution >= 4 is 5.69 Å². The molecule has 0 saturated carbocycles. The van der Waals surface area contributed by atoms with Crippen molar-refractivity contribution in [1.82, 2.24) is 0 Å². The number of hydrogen-bond donors (Lipinski definition) is 1. The largest absolute Gasteiger partial charge is 0.486 e. The molecule has 0 fully saturated rings. The Morgan fingerprint density at radius 3 is 2.80 bits per heavy atom. The van der Waals surface area contributed by atoms with Crippen molar-refractivity contribution in [2.75, 3.05) is 13.2 Å². The van der Waals surface area contributed by atoms with Crippen LogP contribution in [-0.2, 0) is 6.61 Å². The normalized spacial score (nSPS) is 13.7. The van der Waals surface area contributed by atoms with Crippen molar-refractivity contribution in [3.05, 3.63) is 27.8 Å². The highest BCUT2D eigenvalue weighted by molar-refractivity contribution is 5.58. The Morgan fingerprint density at radius 1 is 1.40 bits per heavy atom. The number of aliphatic hydroxyl groups excluding tert-OH is 1. The van der Waals surface area contributed by atoms with Gasteiger partial charge in [0.25, 0.3) is 0 Å². The molecule has 6 nitrogen and oxygen atoms in total. The molecule has 0 amide bonds. The van der Waals surface area contributed by atoms with Crippen molar-refractivity contribution in [2.24, 2.45) is 0 Å². The number of ether oxygens (including phenoxy) is 2. The van der Waals surface area contributed by atoms with Crippen LogP contribution in [0.5, 0.6) is 11.5 Å². The zero-order valence-corrected chi connectivity index (χ0v) is 7.80. The highest BCUT2D eigenvalue weighted by Gasteiger charge is 2.24. The van der Waals surface area contributed by atoms with E-state index in [-0.39, 0.29) is 18.0 Å². The fourth-order valence-corrected chi connectivity index (χ4v) is 1.42. The Kier molecular flexibility index (Phi) is 2.42. The van der Waals surface area contributed by atoms with Gasteiger partial charge in [-0.05, 0) is 11.6 Å². The van der Waals surface area contributed by atoms with Crippen LogP contribution in [0, 0.1) is 10.1 Å². The van der Waals surface area contributed by atoms with Gasteiger partial charge in [0.15, 0.2) is 5.75 Å². The van der Waals surface area contributed by atoms with Gasteiger partial charge in [0.2, 0.25) is 5.75 Å². The molecule has 0 spiro atoms. The molecule has 1 aliphatic heterocycles. The van der Waals surface area contributed by atoms with Crippen LogP contribution in [0.15, 0.2) is 12.1 Å². The maximum Gasteiger partial charge on any atom is 0.315 e. The van der Waals surface area contributed by atoms with Crippen LogP contribution in [-0.4, -0.2) is 23.2 Å². The van der Waals surface area contributed by atoms with Crippen LogP contribution in [0.2, 0.25) is 0 Å². The lowest BCUT2D eigenvalue weighted by Crippen LogP contribution is -2.16. The second-order valence-corrected chi connectivity index (χ2v) is 3.05. The van der Waals surface area contributed by atoms with Crippen LogP contribution in [0.3, 0.4) is 0 Å². The third-order valence-electron chi connectivity index (χ3n) is 2.06. The van der Waals surface area contributed by atoms with Gasteiger partial charge in [0.05, 0.1) is 11.5 Å². The number of benzene rings is 1. The molecule has 0 radical (unpaired) electrons. The topological polar surface area (TPSA) is 81.8 Å². The molecular weight excluding hydrogens is 202 g/mol. The molecule has 1 aliphatic rings. The van der Waals surface area contributed by atoms with Crippen LogP contribution < -0.4 is 9.47 Å². The maximum absolute atomic E-state index is 10.7. The summed E-state index contributed by atoms with van der Waals surface area (Å²) in [6.45, 7) is 0.392. The number of hydrogen-bond acceptors (Lipinski definition) is 5. The van der Waals surface area contributed by atoms with E-state index in [1.54, 1.807) is 6.07 Å². The van der Waals surface area contributed by atoms with E-state index in [2.05, 4.69) is 0 Å². The van der Waals surface area contributed by atoms with Crippen molar-refractivity contribution in [3.8, 4) is 11.5 Å². The number of aliphatic hydroxyl groups is 1. The maximum atomic E-state index is 10.7. The fourth-order valence-electron chi connectivity index (χ4n) is 1.42. The molecule has 0 bridgehead atoms. The molecule has 15 heavy (non-hydrogen) atoms. The van der Waals surface area contributed by atoms with Gasteiger partial charge in [-0.3, -0.25) is 10.1 Å². The summed E-state index contributed by atoms with van der Waals surface area (Å²) >= 11 is 0. The van der Waals surface area contributed by atoms with E-state index in [0.717, 1.165) is 0 Å². The highest BCUT2D eigenvalue weighted by atomic mass is 16.6. The lowest BCUT2D eigenvalue weighted by Gasteiger charge is -2.18. The summed E-state index contributed by atoms with van der Waals surface area (Å²) in [5.74, 6) is 0.461. The minimum Gasteiger partial charge on any atom is -0.486 e. The molecule has 0 unspecified atom stereocenters. The SMILES string of the molecule is O=[N+]([O-])c1cc(CO)cc2c1OCCO2. The molecule has 0 aliphatic carbocycles. The zero-order chi connectivity index (χ0) is 10.8. The number of nitro groups is 1. The zero-order valence-electron chi connectivity index (χ0n) is 7.80. The standard InChI is InChI=1S/C9H9NO5/c11-5-6-3-7(10(12)13)9-8(4-6)14-1-2-15-9/h3-4,11H,1-2,5H2. The average molecular weight is 211 g/mol. The summed E-state index contributed by atoms with van der Waals surface area (Å²) in [7, 11) is 0. The summed E-state index contributed by atoms with van der Waals surface area (Å²) < 4.78 is 10.4.